The summed E-state index contributed by atoms with van der Waals surface area (Å²) in [5, 5.41) is 0.198. The number of Topliss-reactive ketones (excluding diaryl/α,β-unsaturated/α-hetero) is 1. The number of carbonyl (C=O) groups excluding carboxylic acids is 1. The number of hydrogen-bond donors (Lipinski definition) is 0. The molecule has 5 rings (SSSR count). The average Bonchev–Trinajstić information content (AvgIpc) is 3.31. The first kappa shape index (κ1) is 31.8. The van der Waals surface area contributed by atoms with Gasteiger partial charge < -0.3 is 18.8 Å². The van der Waals surface area contributed by atoms with Crippen molar-refractivity contribution in [2.45, 2.75) is 57.3 Å². The second-order valence-corrected chi connectivity index (χ2v) is 17.9. The number of hydrogen-bond acceptors (Lipinski definition) is 5. The number of alkyl halides is 1. The molecule has 1 fully saturated rings. The number of fused-ring (bicyclic) bond motifs is 1. The second kappa shape index (κ2) is 12.8. The fourth-order valence-corrected chi connectivity index (χ4v) is 5.65. The molecule has 12 heteroatoms. The van der Waals surface area contributed by atoms with Crippen LogP contribution in [0.25, 0.3) is 22.2 Å². The molecule has 0 amide bonds. The number of rotatable bonds is 13. The highest BCUT2D eigenvalue weighted by Crippen LogP contribution is 2.40. The van der Waals surface area contributed by atoms with E-state index in [1.807, 2.05) is 0 Å². The van der Waals surface area contributed by atoms with Gasteiger partial charge in [0.05, 0.1) is 18.6 Å². The van der Waals surface area contributed by atoms with E-state index in [1.165, 1.54) is 30.6 Å². The minimum Gasteiger partial charge on any atom is -0.450 e. The van der Waals surface area contributed by atoms with Crippen LogP contribution in [-0.4, -0.2) is 48.9 Å². The molecule has 0 aliphatic carbocycles. The van der Waals surface area contributed by atoms with Gasteiger partial charge in [-0.25, -0.2) is 26.9 Å². The monoisotopic (exact) mass is 632 g/mol. The smallest absolute Gasteiger partial charge is 0.198 e. The lowest BCUT2D eigenvalue weighted by atomic mass is 9.95. The molecule has 0 atom stereocenters. The van der Waals surface area contributed by atoms with Crippen LogP contribution < -0.4 is 4.74 Å². The lowest BCUT2D eigenvalue weighted by Crippen LogP contribution is -2.45. The summed E-state index contributed by atoms with van der Waals surface area (Å²) >= 11 is 0. The zero-order valence-corrected chi connectivity index (χ0v) is 25.7. The molecule has 234 valence electrons. The molecule has 0 unspecified atom stereocenters. The summed E-state index contributed by atoms with van der Waals surface area (Å²) in [6, 6.07) is 7.97. The highest BCUT2D eigenvalue weighted by atomic mass is 28.3. The fourth-order valence-electron chi connectivity index (χ4n) is 4.90. The van der Waals surface area contributed by atoms with Gasteiger partial charge >= 0.3 is 0 Å². The van der Waals surface area contributed by atoms with Gasteiger partial charge in [0.25, 0.3) is 0 Å². The molecule has 1 aliphatic heterocycles. The van der Waals surface area contributed by atoms with E-state index < -0.39 is 42.8 Å². The van der Waals surface area contributed by atoms with Gasteiger partial charge in [0.2, 0.25) is 0 Å². The molecule has 0 saturated carbocycles. The highest BCUT2D eigenvalue weighted by molar-refractivity contribution is 6.76. The summed E-state index contributed by atoms with van der Waals surface area (Å²) < 4.78 is 91.9. The first-order valence-corrected chi connectivity index (χ1v) is 18.0. The molecule has 1 saturated heterocycles. The van der Waals surface area contributed by atoms with Crippen LogP contribution in [0.15, 0.2) is 48.8 Å². The summed E-state index contributed by atoms with van der Waals surface area (Å²) in [5.41, 5.74) is -1.09. The Labute approximate surface area is 252 Å². The topological polar surface area (TPSA) is 62.6 Å². The van der Waals surface area contributed by atoms with Crippen LogP contribution in [0.1, 0.15) is 18.4 Å². The molecule has 1 aliphatic rings. The van der Waals surface area contributed by atoms with E-state index in [0.717, 1.165) is 24.2 Å². The van der Waals surface area contributed by atoms with Crippen molar-refractivity contribution in [1.82, 2.24) is 9.55 Å². The number of nitrogens with zero attached hydrogens (tertiary/aromatic N) is 2. The normalized spacial score (nSPS) is 14.5. The summed E-state index contributed by atoms with van der Waals surface area (Å²) in [7, 11) is -1.37. The molecule has 6 nitrogen and oxygen atoms in total. The molecule has 2 aromatic carbocycles. The first-order valence-electron chi connectivity index (χ1n) is 14.3. The Morgan fingerprint density at radius 3 is 2.43 bits per heavy atom. The van der Waals surface area contributed by atoms with E-state index in [9.17, 15) is 18.0 Å². The van der Waals surface area contributed by atoms with Crippen molar-refractivity contribution in [1.29, 1.82) is 0 Å². The number of aromatic nitrogens is 2. The van der Waals surface area contributed by atoms with Gasteiger partial charge in [-0.15, -0.1) is 0 Å². The SMILES string of the molecule is C[Si](C)(C)CCOCn1cc(-c2cccc(F)c2F)c2c(Oc3c(F)cc(CC(=O)CCC4(F)COC4)cc3F)ccnc21. The van der Waals surface area contributed by atoms with E-state index in [0.29, 0.717) is 6.61 Å². The van der Waals surface area contributed by atoms with Crippen LogP contribution in [0.5, 0.6) is 11.5 Å². The molecule has 0 bridgehead atoms. The molecule has 4 aromatic rings. The van der Waals surface area contributed by atoms with Crippen LogP contribution in [-0.2, 0) is 27.4 Å². The van der Waals surface area contributed by atoms with E-state index >= 15 is 8.78 Å². The summed E-state index contributed by atoms with van der Waals surface area (Å²) in [5.74, 6) is -5.46. The Bertz CT molecular complexity index is 1660. The Morgan fingerprint density at radius 1 is 1.05 bits per heavy atom. The molecule has 3 heterocycles. The van der Waals surface area contributed by atoms with Crippen LogP contribution in [0.3, 0.4) is 0 Å². The predicted octanol–water partition coefficient (Wildman–Crippen LogP) is 7.99. The van der Waals surface area contributed by atoms with Crippen molar-refractivity contribution < 1.29 is 41.0 Å². The number of halogens is 5. The molecule has 44 heavy (non-hydrogen) atoms. The Balaban J connectivity index is 1.44. The summed E-state index contributed by atoms with van der Waals surface area (Å²) in [6.07, 6.45) is 2.52. The van der Waals surface area contributed by atoms with Crippen molar-refractivity contribution >= 4 is 24.9 Å². The van der Waals surface area contributed by atoms with Crippen molar-refractivity contribution in [2.75, 3.05) is 19.8 Å². The molecular formula is C32H33F5N2O4Si. The fraction of sp³-hybridized carbons (Fsp3) is 0.375. The number of benzene rings is 2. The minimum absolute atomic E-state index is 0.0206. The summed E-state index contributed by atoms with van der Waals surface area (Å²) in [6.45, 7) is 7.05. The average molecular weight is 633 g/mol. The molecule has 0 radical (unpaired) electrons. The minimum atomic E-state index is -1.54. The maximum Gasteiger partial charge on any atom is 0.198 e. The molecule has 0 spiro atoms. The number of pyridine rings is 1. The van der Waals surface area contributed by atoms with E-state index in [-0.39, 0.29) is 78.5 Å². The van der Waals surface area contributed by atoms with Crippen LogP contribution in [0.4, 0.5) is 22.0 Å². The van der Waals surface area contributed by atoms with E-state index in [1.54, 1.807) is 4.57 Å². The van der Waals surface area contributed by atoms with Crippen LogP contribution in [0.2, 0.25) is 25.7 Å². The molecular weight excluding hydrogens is 599 g/mol. The number of carbonyl (C=O) groups is 1. The van der Waals surface area contributed by atoms with Gasteiger partial charge in [0, 0.05) is 51.0 Å². The van der Waals surface area contributed by atoms with Crippen LogP contribution in [0, 0.1) is 23.3 Å². The van der Waals surface area contributed by atoms with Gasteiger partial charge in [0.15, 0.2) is 34.7 Å². The largest absolute Gasteiger partial charge is 0.450 e. The Morgan fingerprint density at radius 2 is 1.77 bits per heavy atom. The molecule has 0 N–H and O–H groups in total. The zero-order valence-electron chi connectivity index (χ0n) is 24.7. The summed E-state index contributed by atoms with van der Waals surface area (Å²) in [4.78, 5) is 16.7. The predicted molar refractivity (Wildman–Crippen MR) is 158 cm³/mol. The number of ketones is 1. The Kier molecular flexibility index (Phi) is 9.24. The third kappa shape index (κ3) is 7.19. The van der Waals surface area contributed by atoms with Crippen LogP contribution >= 0.6 is 0 Å². The second-order valence-electron chi connectivity index (χ2n) is 12.3. The van der Waals surface area contributed by atoms with Gasteiger partial charge in [-0.05, 0) is 42.3 Å². The van der Waals surface area contributed by atoms with Gasteiger partial charge in [0.1, 0.15) is 23.9 Å². The van der Waals surface area contributed by atoms with E-state index in [4.69, 9.17) is 14.2 Å². The maximum absolute atomic E-state index is 15.2. The zero-order chi connectivity index (χ0) is 31.6. The Hall–Kier alpha value is -3.61. The lowest BCUT2D eigenvalue weighted by Gasteiger charge is -2.33. The van der Waals surface area contributed by atoms with Gasteiger partial charge in [-0.1, -0.05) is 31.8 Å². The van der Waals surface area contributed by atoms with Gasteiger partial charge in [-0.3, -0.25) is 4.79 Å². The number of ether oxygens (including phenoxy) is 3. The third-order valence-corrected chi connectivity index (χ3v) is 9.14. The lowest BCUT2D eigenvalue weighted by molar-refractivity contribution is -0.139. The van der Waals surface area contributed by atoms with Crippen molar-refractivity contribution in [3.8, 4) is 22.6 Å². The molecule has 2 aromatic heterocycles. The van der Waals surface area contributed by atoms with Gasteiger partial charge in [-0.2, -0.15) is 0 Å². The first-order chi connectivity index (χ1) is 20.8. The van der Waals surface area contributed by atoms with E-state index in [2.05, 4.69) is 24.6 Å². The van der Waals surface area contributed by atoms with Crippen molar-refractivity contribution in [3.05, 3.63) is 77.6 Å². The van der Waals surface area contributed by atoms with Crippen molar-refractivity contribution in [3.63, 3.8) is 0 Å². The maximum atomic E-state index is 15.2. The third-order valence-electron chi connectivity index (χ3n) is 7.43. The standard InChI is InChI=1S/C32H33F5N2O4Si/c1-44(2,3)12-11-41-19-39-16-23(22-5-4-6-24(33)29(22)36)28-27(8-10-38-31(28)39)43-30-25(34)14-20(15-26(30)35)13-21(40)7-9-32(37)17-42-18-32/h4-6,8,10,14-16H,7,9,11-13,17-19H2,1-3H3. The highest BCUT2D eigenvalue weighted by Gasteiger charge is 2.38. The van der Waals surface area contributed by atoms with Crippen molar-refractivity contribution in [2.24, 2.45) is 0 Å². The quantitative estimate of drug-likeness (QED) is 0.0850.